The molecule has 0 saturated carbocycles. The van der Waals surface area contributed by atoms with Crippen LogP contribution in [-0.2, 0) is 6.54 Å². The number of aryl methyl sites for hydroxylation is 1. The van der Waals surface area contributed by atoms with Crippen molar-refractivity contribution in [2.75, 3.05) is 7.05 Å². The predicted molar refractivity (Wildman–Crippen MR) is 89.5 cm³/mol. The van der Waals surface area contributed by atoms with E-state index in [4.69, 9.17) is 4.74 Å². The number of aromatic nitrogens is 5. The highest BCUT2D eigenvalue weighted by atomic mass is 16.6. The molecule has 0 unspecified atom stereocenters. The maximum absolute atomic E-state index is 12.1. The zero-order chi connectivity index (χ0) is 17.6. The van der Waals surface area contributed by atoms with Gasteiger partial charge in [-0.25, -0.2) is 4.79 Å². The molecule has 8 heteroatoms. The predicted octanol–water partition coefficient (Wildman–Crippen LogP) is 2.27. The van der Waals surface area contributed by atoms with Crippen LogP contribution in [0.2, 0.25) is 0 Å². The van der Waals surface area contributed by atoms with Gasteiger partial charge in [0.25, 0.3) is 0 Å². The molecule has 2 heterocycles. The van der Waals surface area contributed by atoms with E-state index in [1.54, 1.807) is 37.5 Å². The van der Waals surface area contributed by atoms with Crippen LogP contribution < -0.4 is 4.74 Å². The standard InChI is InChI=1S/C17H16N6O2/c1-12-6-8-13(9-7-12)25-17(24)23(2)11-15-19-21-16(22-20-15)14-5-3-4-10-18-14/h3-10H,11H2,1-2H3. The van der Waals surface area contributed by atoms with Crippen LogP contribution in [0.5, 0.6) is 5.75 Å². The van der Waals surface area contributed by atoms with E-state index in [0.29, 0.717) is 23.1 Å². The molecule has 8 nitrogen and oxygen atoms in total. The van der Waals surface area contributed by atoms with Gasteiger partial charge < -0.3 is 9.64 Å². The van der Waals surface area contributed by atoms with Gasteiger partial charge in [-0.05, 0) is 31.2 Å². The molecule has 3 aromatic rings. The molecule has 3 rings (SSSR count). The highest BCUT2D eigenvalue weighted by Crippen LogP contribution is 2.13. The lowest BCUT2D eigenvalue weighted by Crippen LogP contribution is -2.30. The number of amides is 1. The van der Waals surface area contributed by atoms with Gasteiger partial charge in [0.05, 0.1) is 6.54 Å². The van der Waals surface area contributed by atoms with E-state index >= 15 is 0 Å². The number of ether oxygens (including phenoxy) is 1. The second-order valence-electron chi connectivity index (χ2n) is 5.39. The average molecular weight is 336 g/mol. The topological polar surface area (TPSA) is 94.0 Å². The van der Waals surface area contributed by atoms with Crippen molar-refractivity contribution in [2.45, 2.75) is 13.5 Å². The van der Waals surface area contributed by atoms with E-state index in [9.17, 15) is 4.79 Å². The van der Waals surface area contributed by atoms with Gasteiger partial charge in [0.15, 0.2) is 5.82 Å². The molecule has 1 aromatic carbocycles. The molecule has 0 aliphatic rings. The van der Waals surface area contributed by atoms with Crippen LogP contribution in [0.25, 0.3) is 11.5 Å². The molecule has 0 radical (unpaired) electrons. The summed E-state index contributed by atoms with van der Waals surface area (Å²) in [7, 11) is 1.59. The SMILES string of the molecule is Cc1ccc(OC(=O)N(C)Cc2nnc(-c3ccccn3)nn2)cc1. The number of carbonyl (C=O) groups is 1. The Bertz CT molecular complexity index is 837. The third-order valence-electron chi connectivity index (χ3n) is 3.33. The van der Waals surface area contributed by atoms with Crippen LogP contribution in [0.15, 0.2) is 48.7 Å². The Hall–Kier alpha value is -3.42. The summed E-state index contributed by atoms with van der Waals surface area (Å²) >= 11 is 0. The molecule has 0 saturated heterocycles. The minimum atomic E-state index is -0.513. The van der Waals surface area contributed by atoms with Crippen LogP contribution in [0.3, 0.4) is 0 Å². The number of hydrogen-bond acceptors (Lipinski definition) is 7. The fraction of sp³-hybridized carbons (Fsp3) is 0.176. The van der Waals surface area contributed by atoms with Gasteiger partial charge in [0.2, 0.25) is 5.82 Å². The molecule has 0 aliphatic heterocycles. The van der Waals surface area contributed by atoms with Gasteiger partial charge in [-0.2, -0.15) is 0 Å². The van der Waals surface area contributed by atoms with Gasteiger partial charge in [-0.3, -0.25) is 4.98 Å². The van der Waals surface area contributed by atoms with Gasteiger partial charge in [0, 0.05) is 13.2 Å². The molecule has 0 spiro atoms. The Morgan fingerprint density at radius 1 is 1.04 bits per heavy atom. The minimum Gasteiger partial charge on any atom is -0.410 e. The first-order valence-corrected chi connectivity index (χ1v) is 7.59. The molecule has 25 heavy (non-hydrogen) atoms. The summed E-state index contributed by atoms with van der Waals surface area (Å²) in [4.78, 5) is 17.6. The Kier molecular flexibility index (Phi) is 4.89. The Balaban J connectivity index is 1.61. The van der Waals surface area contributed by atoms with E-state index < -0.39 is 6.09 Å². The minimum absolute atomic E-state index is 0.132. The quantitative estimate of drug-likeness (QED) is 0.721. The van der Waals surface area contributed by atoms with Crippen LogP contribution in [0.1, 0.15) is 11.4 Å². The van der Waals surface area contributed by atoms with E-state index in [0.717, 1.165) is 5.56 Å². The smallest absolute Gasteiger partial charge is 0.410 e. The lowest BCUT2D eigenvalue weighted by Gasteiger charge is -2.15. The largest absolute Gasteiger partial charge is 0.415 e. The highest BCUT2D eigenvalue weighted by Gasteiger charge is 2.14. The van der Waals surface area contributed by atoms with Gasteiger partial charge in [0.1, 0.15) is 11.4 Å². The zero-order valence-electron chi connectivity index (χ0n) is 13.8. The fourth-order valence-corrected chi connectivity index (χ4v) is 1.97. The molecule has 0 fully saturated rings. The number of hydrogen-bond donors (Lipinski definition) is 0. The van der Waals surface area contributed by atoms with Gasteiger partial charge in [-0.1, -0.05) is 23.8 Å². The van der Waals surface area contributed by atoms with Crippen molar-refractivity contribution >= 4 is 6.09 Å². The fourth-order valence-electron chi connectivity index (χ4n) is 1.97. The van der Waals surface area contributed by atoms with Crippen molar-refractivity contribution in [1.29, 1.82) is 0 Å². The number of pyridine rings is 1. The Morgan fingerprint density at radius 3 is 2.40 bits per heavy atom. The monoisotopic (exact) mass is 336 g/mol. The maximum atomic E-state index is 12.1. The summed E-state index contributed by atoms with van der Waals surface area (Å²) in [6.45, 7) is 2.09. The molecule has 0 bridgehead atoms. The number of rotatable bonds is 4. The molecule has 126 valence electrons. The van der Waals surface area contributed by atoms with Crippen molar-refractivity contribution < 1.29 is 9.53 Å². The lowest BCUT2D eigenvalue weighted by atomic mass is 10.2. The highest BCUT2D eigenvalue weighted by molar-refractivity contribution is 5.70. The first kappa shape index (κ1) is 16.4. The van der Waals surface area contributed by atoms with Crippen molar-refractivity contribution in [1.82, 2.24) is 30.3 Å². The van der Waals surface area contributed by atoms with E-state index in [1.807, 2.05) is 25.1 Å². The van der Waals surface area contributed by atoms with Gasteiger partial charge >= 0.3 is 6.09 Å². The molecular weight excluding hydrogens is 320 g/mol. The summed E-state index contributed by atoms with van der Waals surface area (Å²) < 4.78 is 5.28. The van der Waals surface area contributed by atoms with Crippen molar-refractivity contribution in [3.05, 3.63) is 60.0 Å². The van der Waals surface area contributed by atoms with Gasteiger partial charge in [-0.15, -0.1) is 20.4 Å². The van der Waals surface area contributed by atoms with Crippen molar-refractivity contribution in [3.63, 3.8) is 0 Å². The summed E-state index contributed by atoms with van der Waals surface area (Å²) in [6, 6.07) is 12.6. The molecule has 1 amide bonds. The third-order valence-corrected chi connectivity index (χ3v) is 3.33. The maximum Gasteiger partial charge on any atom is 0.415 e. The third kappa shape index (κ3) is 4.31. The summed E-state index contributed by atoms with van der Waals surface area (Å²) in [5.41, 5.74) is 1.67. The van der Waals surface area contributed by atoms with Crippen molar-refractivity contribution in [3.8, 4) is 17.3 Å². The van der Waals surface area contributed by atoms with Crippen LogP contribution in [0.4, 0.5) is 4.79 Å². The summed E-state index contributed by atoms with van der Waals surface area (Å²) in [5, 5.41) is 15.9. The number of carbonyl (C=O) groups excluding carboxylic acids is 1. The zero-order valence-corrected chi connectivity index (χ0v) is 13.8. The van der Waals surface area contributed by atoms with Crippen LogP contribution >= 0.6 is 0 Å². The normalized spacial score (nSPS) is 10.3. The number of nitrogens with zero attached hydrogens (tertiary/aromatic N) is 6. The first-order chi connectivity index (χ1) is 12.1. The van der Waals surface area contributed by atoms with E-state index in [2.05, 4.69) is 25.4 Å². The van der Waals surface area contributed by atoms with E-state index in [1.165, 1.54) is 4.90 Å². The Morgan fingerprint density at radius 2 is 1.76 bits per heavy atom. The van der Waals surface area contributed by atoms with Crippen LogP contribution in [-0.4, -0.2) is 43.4 Å². The second-order valence-corrected chi connectivity index (χ2v) is 5.39. The molecule has 0 N–H and O–H groups in total. The summed E-state index contributed by atoms with van der Waals surface area (Å²) in [5.74, 6) is 1.11. The van der Waals surface area contributed by atoms with Crippen molar-refractivity contribution in [2.24, 2.45) is 0 Å². The van der Waals surface area contributed by atoms with E-state index in [-0.39, 0.29) is 6.54 Å². The lowest BCUT2D eigenvalue weighted by molar-refractivity contribution is 0.159. The first-order valence-electron chi connectivity index (χ1n) is 7.59. The molecule has 0 atom stereocenters. The molecular formula is C17H16N6O2. The second kappa shape index (κ2) is 7.43. The summed E-state index contributed by atoms with van der Waals surface area (Å²) in [6.07, 6.45) is 1.13. The molecule has 2 aromatic heterocycles. The average Bonchev–Trinajstić information content (AvgIpc) is 2.65. The number of benzene rings is 1. The Labute approximate surface area is 144 Å². The molecule has 0 aliphatic carbocycles. The van der Waals surface area contributed by atoms with Crippen LogP contribution in [0, 0.1) is 6.92 Å².